The predicted octanol–water partition coefficient (Wildman–Crippen LogP) is 2.45. The van der Waals surface area contributed by atoms with Gasteiger partial charge in [-0.1, -0.05) is 26.0 Å². The number of sulfonamides is 1. The van der Waals surface area contributed by atoms with Crippen LogP contribution in [0, 0.1) is 5.92 Å². The molecular formula is C20H32ClN3O3S. The van der Waals surface area contributed by atoms with Gasteiger partial charge in [0.2, 0.25) is 15.9 Å². The van der Waals surface area contributed by atoms with E-state index in [4.69, 9.17) is 0 Å². The molecule has 1 amide bonds. The maximum absolute atomic E-state index is 12.9. The van der Waals surface area contributed by atoms with Crippen LogP contribution < -0.4 is 5.32 Å². The van der Waals surface area contributed by atoms with Gasteiger partial charge in [0.25, 0.3) is 0 Å². The fourth-order valence-electron chi connectivity index (χ4n) is 3.83. The van der Waals surface area contributed by atoms with Crippen LogP contribution >= 0.6 is 12.4 Å². The maximum Gasteiger partial charge on any atom is 0.243 e. The molecule has 0 radical (unpaired) electrons. The van der Waals surface area contributed by atoms with Crippen molar-refractivity contribution in [3.63, 3.8) is 0 Å². The van der Waals surface area contributed by atoms with E-state index in [1.807, 2.05) is 17.0 Å². The Morgan fingerprint density at radius 2 is 1.68 bits per heavy atom. The molecule has 0 saturated carbocycles. The summed E-state index contributed by atoms with van der Waals surface area (Å²) in [4.78, 5) is 14.8. The van der Waals surface area contributed by atoms with Crippen molar-refractivity contribution >= 4 is 28.3 Å². The van der Waals surface area contributed by atoms with Crippen molar-refractivity contribution in [1.29, 1.82) is 0 Å². The van der Waals surface area contributed by atoms with Gasteiger partial charge in [-0.25, -0.2) is 8.42 Å². The molecule has 6 nitrogen and oxygen atoms in total. The summed E-state index contributed by atoms with van der Waals surface area (Å²) in [6, 6.07) is 7.25. The minimum Gasteiger partial charge on any atom is -0.340 e. The Morgan fingerprint density at radius 1 is 1.11 bits per heavy atom. The van der Waals surface area contributed by atoms with Crippen molar-refractivity contribution in [3.05, 3.63) is 29.8 Å². The van der Waals surface area contributed by atoms with E-state index < -0.39 is 10.0 Å². The van der Waals surface area contributed by atoms with Crippen molar-refractivity contribution in [2.75, 3.05) is 39.3 Å². The van der Waals surface area contributed by atoms with Gasteiger partial charge in [-0.05, 0) is 56.0 Å². The molecule has 1 N–H and O–H groups in total. The summed E-state index contributed by atoms with van der Waals surface area (Å²) in [5.41, 5.74) is 1.16. The molecule has 28 heavy (non-hydrogen) atoms. The van der Waals surface area contributed by atoms with Gasteiger partial charge < -0.3 is 10.2 Å². The Labute approximate surface area is 175 Å². The molecule has 0 bridgehead atoms. The second-order valence-electron chi connectivity index (χ2n) is 7.63. The number of halogens is 1. The first-order valence-electron chi connectivity index (χ1n) is 10.0. The molecule has 2 heterocycles. The summed E-state index contributed by atoms with van der Waals surface area (Å²) in [6.07, 6.45) is 2.78. The number of carbonyl (C=O) groups is 1. The third-order valence-electron chi connectivity index (χ3n) is 5.94. The molecule has 0 spiro atoms. The highest BCUT2D eigenvalue weighted by Crippen LogP contribution is 2.24. The molecule has 2 saturated heterocycles. The quantitative estimate of drug-likeness (QED) is 0.780. The summed E-state index contributed by atoms with van der Waals surface area (Å²) in [5.74, 6) is 0.695. The molecule has 158 valence electrons. The Bertz CT molecular complexity index is 740. The minimum absolute atomic E-state index is 0. The van der Waals surface area contributed by atoms with E-state index in [9.17, 15) is 13.2 Å². The smallest absolute Gasteiger partial charge is 0.243 e. The zero-order valence-corrected chi connectivity index (χ0v) is 18.4. The Kier molecular flexibility index (Phi) is 8.30. The number of nitrogens with zero attached hydrogens (tertiary/aromatic N) is 2. The van der Waals surface area contributed by atoms with Gasteiger partial charge in [0.1, 0.15) is 0 Å². The molecule has 1 aromatic rings. The molecule has 2 fully saturated rings. The number of benzene rings is 1. The van der Waals surface area contributed by atoms with Gasteiger partial charge >= 0.3 is 0 Å². The number of piperidine rings is 1. The van der Waals surface area contributed by atoms with Crippen LogP contribution in [0.2, 0.25) is 0 Å². The zero-order chi connectivity index (χ0) is 19.4. The molecule has 1 atom stereocenters. The molecular weight excluding hydrogens is 398 g/mol. The first-order chi connectivity index (χ1) is 12.9. The highest BCUT2D eigenvalue weighted by atomic mass is 35.5. The van der Waals surface area contributed by atoms with Gasteiger partial charge in [0.05, 0.1) is 4.90 Å². The SMILES string of the molecule is CCC(C)c1ccc(S(=O)(=O)N2CCN(C(=O)C3CCNCC3)CC2)cc1.Cl. The standard InChI is InChI=1S/C20H31N3O3S.ClH/c1-3-16(2)17-4-6-19(7-5-17)27(25,26)23-14-12-22(13-15-23)20(24)18-8-10-21-11-9-18;/h4-7,16,18,21H,3,8-15H2,1-2H3;1H. The minimum atomic E-state index is -3.50. The summed E-state index contributed by atoms with van der Waals surface area (Å²) < 4.78 is 27.4. The average Bonchev–Trinajstić information content (AvgIpc) is 2.73. The Hall–Kier alpha value is -1.15. The lowest BCUT2D eigenvalue weighted by atomic mass is 9.96. The van der Waals surface area contributed by atoms with Gasteiger partial charge in [-0.3, -0.25) is 4.79 Å². The topological polar surface area (TPSA) is 69.7 Å². The number of carbonyl (C=O) groups excluding carboxylic acids is 1. The van der Waals surface area contributed by atoms with E-state index in [-0.39, 0.29) is 24.2 Å². The molecule has 0 aromatic heterocycles. The highest BCUT2D eigenvalue weighted by Gasteiger charge is 2.32. The Balaban J connectivity index is 0.00000280. The van der Waals surface area contributed by atoms with Crippen molar-refractivity contribution < 1.29 is 13.2 Å². The number of amides is 1. The fraction of sp³-hybridized carbons (Fsp3) is 0.650. The van der Waals surface area contributed by atoms with Gasteiger partial charge in [-0.15, -0.1) is 12.4 Å². The van der Waals surface area contributed by atoms with Crippen molar-refractivity contribution in [3.8, 4) is 0 Å². The van der Waals surface area contributed by atoms with E-state index in [2.05, 4.69) is 19.2 Å². The van der Waals surface area contributed by atoms with Crippen LogP contribution in [0.5, 0.6) is 0 Å². The Morgan fingerprint density at radius 3 is 2.21 bits per heavy atom. The molecule has 8 heteroatoms. The van der Waals surface area contributed by atoms with E-state index in [1.165, 1.54) is 4.31 Å². The zero-order valence-electron chi connectivity index (χ0n) is 16.8. The largest absolute Gasteiger partial charge is 0.340 e. The second-order valence-corrected chi connectivity index (χ2v) is 9.57. The maximum atomic E-state index is 12.9. The van der Waals surface area contributed by atoms with Gasteiger partial charge in [0.15, 0.2) is 0 Å². The predicted molar refractivity (Wildman–Crippen MR) is 113 cm³/mol. The summed E-state index contributed by atoms with van der Waals surface area (Å²) in [6.45, 7) is 7.73. The number of hydrogen-bond donors (Lipinski definition) is 1. The number of rotatable bonds is 5. The van der Waals surface area contributed by atoms with Crippen LogP contribution in [0.1, 0.15) is 44.6 Å². The van der Waals surface area contributed by atoms with E-state index in [0.717, 1.165) is 37.9 Å². The molecule has 1 aromatic carbocycles. The first kappa shape index (κ1) is 23.1. The molecule has 3 rings (SSSR count). The van der Waals surface area contributed by atoms with Crippen LogP contribution in [0.25, 0.3) is 0 Å². The fourth-order valence-corrected chi connectivity index (χ4v) is 5.25. The summed E-state index contributed by atoms with van der Waals surface area (Å²) in [5, 5.41) is 3.27. The van der Waals surface area contributed by atoms with Crippen molar-refractivity contribution in [2.45, 2.75) is 43.9 Å². The average molecular weight is 430 g/mol. The van der Waals surface area contributed by atoms with Crippen molar-refractivity contribution in [2.24, 2.45) is 5.92 Å². The lowest BCUT2D eigenvalue weighted by Crippen LogP contribution is -2.52. The lowest BCUT2D eigenvalue weighted by Gasteiger charge is -2.36. The van der Waals surface area contributed by atoms with Crippen LogP contribution in [0.15, 0.2) is 29.2 Å². The number of hydrogen-bond acceptors (Lipinski definition) is 4. The van der Waals surface area contributed by atoms with Crippen LogP contribution in [-0.4, -0.2) is 62.8 Å². The lowest BCUT2D eigenvalue weighted by molar-refractivity contribution is -0.137. The third kappa shape index (κ3) is 5.06. The van der Waals surface area contributed by atoms with Crippen LogP contribution in [0.3, 0.4) is 0 Å². The molecule has 0 aliphatic carbocycles. The normalized spacial score (nSPS) is 20.4. The third-order valence-corrected chi connectivity index (χ3v) is 7.85. The second kappa shape index (κ2) is 10.1. The summed E-state index contributed by atoms with van der Waals surface area (Å²) >= 11 is 0. The number of nitrogens with one attached hydrogen (secondary N) is 1. The molecule has 1 unspecified atom stereocenters. The first-order valence-corrected chi connectivity index (χ1v) is 11.5. The van der Waals surface area contributed by atoms with E-state index in [0.29, 0.717) is 37.0 Å². The highest BCUT2D eigenvalue weighted by molar-refractivity contribution is 7.89. The van der Waals surface area contributed by atoms with E-state index >= 15 is 0 Å². The summed E-state index contributed by atoms with van der Waals surface area (Å²) in [7, 11) is -3.50. The van der Waals surface area contributed by atoms with Crippen LogP contribution in [-0.2, 0) is 14.8 Å². The van der Waals surface area contributed by atoms with Crippen LogP contribution in [0.4, 0.5) is 0 Å². The monoisotopic (exact) mass is 429 g/mol. The molecule has 2 aliphatic rings. The molecule has 2 aliphatic heterocycles. The van der Waals surface area contributed by atoms with Gasteiger partial charge in [-0.2, -0.15) is 4.31 Å². The van der Waals surface area contributed by atoms with Crippen molar-refractivity contribution in [1.82, 2.24) is 14.5 Å². The van der Waals surface area contributed by atoms with Gasteiger partial charge in [0, 0.05) is 32.1 Å². The number of piperazine rings is 1. The van der Waals surface area contributed by atoms with E-state index in [1.54, 1.807) is 12.1 Å².